The third-order valence-electron chi connectivity index (χ3n) is 16.3. The summed E-state index contributed by atoms with van der Waals surface area (Å²) in [6, 6.07) is 0. The number of carbonyl (C=O) groups excluding carboxylic acids is 4. The molecule has 0 spiro atoms. The van der Waals surface area contributed by atoms with Gasteiger partial charge in [0.2, 0.25) is 0 Å². The van der Waals surface area contributed by atoms with Gasteiger partial charge in [0, 0.05) is 25.7 Å². The molecule has 0 aromatic carbocycles. The van der Waals surface area contributed by atoms with E-state index in [1.165, 1.54) is 135 Å². The second-order valence-corrected chi connectivity index (χ2v) is 30.0. The Bertz CT molecular complexity index is 1890. The Hall–Kier alpha value is -2.46. The normalized spacial score (nSPS) is 14.3. The third kappa shape index (κ3) is 66.2. The summed E-state index contributed by atoms with van der Waals surface area (Å²) < 4.78 is 68.3. The van der Waals surface area contributed by atoms with Crippen LogP contribution in [0.4, 0.5) is 0 Å². The van der Waals surface area contributed by atoms with Crippen LogP contribution in [-0.2, 0) is 65.4 Å². The lowest BCUT2D eigenvalue weighted by Crippen LogP contribution is -2.30. The Kier molecular flexibility index (Phi) is 61.6. The van der Waals surface area contributed by atoms with Crippen molar-refractivity contribution >= 4 is 39.5 Å². The average molecular weight is 1350 g/mol. The number of ether oxygens (including phenoxy) is 4. The van der Waals surface area contributed by atoms with E-state index in [2.05, 4.69) is 72.8 Å². The quantitative estimate of drug-likeness (QED) is 0.0169. The topological polar surface area (TPSA) is 237 Å². The van der Waals surface area contributed by atoms with Gasteiger partial charge in [-0.1, -0.05) is 291 Å². The van der Waals surface area contributed by atoms with E-state index in [0.29, 0.717) is 31.6 Å². The summed E-state index contributed by atoms with van der Waals surface area (Å²) in [7, 11) is -9.92. The molecule has 19 heteroatoms. The van der Waals surface area contributed by atoms with Crippen molar-refractivity contribution in [1.82, 2.24) is 0 Å². The standard InChI is InChI=1S/C73H138O17P2/c1-8-9-10-11-12-13-14-15-16-20-23-26-33-42-49-57-73(78)90-69(61-84-71(76)55-48-41-36-35-39-46-53-66(6)7)63-88-92(81,82)86-59-67(74)58-85-91(79,80)87-62-68(60-83-70(75)54-47-40-32-29-28-31-38-45-52-65(4)5)89-72(77)56-50-43-34-27-24-21-18-17-19-22-25-30-37-44-51-64(2)3/h13-16,64-69,74H,8-12,17-63H2,1-7H3,(H,79,80)(H,81,82)/b14-13-,16-15-/t67-,68-,69-/m1/s1. The van der Waals surface area contributed by atoms with E-state index in [1.807, 2.05) is 0 Å². The third-order valence-corrected chi connectivity index (χ3v) is 18.2. The largest absolute Gasteiger partial charge is 0.472 e. The summed E-state index contributed by atoms with van der Waals surface area (Å²) in [5.41, 5.74) is 0. The molecule has 17 nitrogen and oxygen atoms in total. The van der Waals surface area contributed by atoms with E-state index in [9.17, 15) is 43.2 Å². The van der Waals surface area contributed by atoms with Gasteiger partial charge in [-0.2, -0.15) is 0 Å². The Labute approximate surface area is 561 Å². The molecule has 5 atom stereocenters. The van der Waals surface area contributed by atoms with E-state index in [4.69, 9.17) is 37.0 Å². The van der Waals surface area contributed by atoms with Gasteiger partial charge in [0.15, 0.2) is 12.2 Å². The van der Waals surface area contributed by atoms with Gasteiger partial charge in [-0.3, -0.25) is 37.3 Å². The fraction of sp³-hybridized carbons (Fsp3) is 0.890. The Morgan fingerprint density at radius 2 is 0.587 bits per heavy atom. The van der Waals surface area contributed by atoms with Crippen molar-refractivity contribution in [2.75, 3.05) is 39.6 Å². The zero-order valence-corrected chi connectivity index (χ0v) is 61.3. The predicted molar refractivity (Wildman–Crippen MR) is 372 cm³/mol. The molecule has 0 radical (unpaired) electrons. The van der Waals surface area contributed by atoms with Crippen LogP contribution in [0.2, 0.25) is 0 Å². The highest BCUT2D eigenvalue weighted by molar-refractivity contribution is 7.47. The van der Waals surface area contributed by atoms with Crippen LogP contribution in [-0.4, -0.2) is 96.7 Å². The van der Waals surface area contributed by atoms with Gasteiger partial charge in [-0.15, -0.1) is 0 Å². The number of phosphoric acid groups is 2. The first kappa shape index (κ1) is 89.5. The smallest absolute Gasteiger partial charge is 0.462 e. The van der Waals surface area contributed by atoms with Crippen LogP contribution in [0.15, 0.2) is 24.3 Å². The van der Waals surface area contributed by atoms with Crippen molar-refractivity contribution in [2.45, 2.75) is 362 Å². The SMILES string of the molecule is CCCCCC/C=C\C=C/CCCCCCCC(=O)O[C@H](COC(=O)CCCCCCCCC(C)C)COP(=O)(O)OC[C@H](O)COP(=O)(O)OC[C@@H](COC(=O)CCCCCCCCCCC(C)C)OC(=O)CCCCCCCCCCCCCCCCC(C)C. The molecule has 0 aromatic heterocycles. The lowest BCUT2D eigenvalue weighted by molar-refractivity contribution is -0.161. The number of hydrogen-bond donors (Lipinski definition) is 3. The number of aliphatic hydroxyl groups is 1. The molecular weight excluding hydrogens is 1210 g/mol. The minimum Gasteiger partial charge on any atom is -0.462 e. The maximum Gasteiger partial charge on any atom is 0.472 e. The average Bonchev–Trinajstić information content (AvgIpc) is 2.19. The van der Waals surface area contributed by atoms with Crippen molar-refractivity contribution in [1.29, 1.82) is 0 Å². The molecule has 0 aliphatic rings. The Balaban J connectivity index is 5.26. The minimum atomic E-state index is -4.96. The van der Waals surface area contributed by atoms with Crippen LogP contribution >= 0.6 is 15.6 Å². The predicted octanol–water partition coefficient (Wildman–Crippen LogP) is 20.6. The molecular formula is C73H138O17P2. The molecule has 0 saturated heterocycles. The van der Waals surface area contributed by atoms with Crippen molar-refractivity contribution < 1.29 is 80.2 Å². The van der Waals surface area contributed by atoms with Crippen molar-refractivity contribution in [3.05, 3.63) is 24.3 Å². The number of esters is 4. The summed E-state index contributed by atoms with van der Waals surface area (Å²) in [5.74, 6) is 0.0387. The van der Waals surface area contributed by atoms with Gasteiger partial charge in [-0.25, -0.2) is 9.13 Å². The van der Waals surface area contributed by atoms with Gasteiger partial charge < -0.3 is 33.8 Å². The van der Waals surface area contributed by atoms with Gasteiger partial charge in [0.1, 0.15) is 19.3 Å². The van der Waals surface area contributed by atoms with Gasteiger partial charge in [0.25, 0.3) is 0 Å². The van der Waals surface area contributed by atoms with Crippen molar-refractivity contribution in [3.8, 4) is 0 Å². The summed E-state index contributed by atoms with van der Waals surface area (Å²) >= 11 is 0. The first-order chi connectivity index (χ1) is 44.2. The molecule has 0 amide bonds. The molecule has 0 aliphatic heterocycles. The number of carbonyl (C=O) groups is 4. The van der Waals surface area contributed by atoms with Crippen LogP contribution in [0.25, 0.3) is 0 Å². The number of aliphatic hydroxyl groups excluding tert-OH is 1. The van der Waals surface area contributed by atoms with Gasteiger partial charge in [0.05, 0.1) is 26.4 Å². The first-order valence-corrected chi connectivity index (χ1v) is 40.2. The molecule has 0 heterocycles. The second-order valence-electron chi connectivity index (χ2n) is 27.1. The van der Waals surface area contributed by atoms with Crippen LogP contribution in [0.1, 0.15) is 344 Å². The Morgan fingerprint density at radius 1 is 0.337 bits per heavy atom. The van der Waals surface area contributed by atoms with Crippen molar-refractivity contribution in [3.63, 3.8) is 0 Å². The summed E-state index contributed by atoms with van der Waals surface area (Å²) in [5, 5.41) is 10.6. The number of phosphoric ester groups is 2. The number of rotatable bonds is 69. The van der Waals surface area contributed by atoms with Crippen molar-refractivity contribution in [2.24, 2.45) is 17.8 Å². The molecule has 0 aromatic rings. The summed E-state index contributed by atoms with van der Waals surface area (Å²) in [6.45, 7) is 11.7. The van der Waals surface area contributed by atoms with Crippen LogP contribution < -0.4 is 0 Å². The van der Waals surface area contributed by atoms with E-state index in [1.54, 1.807) is 0 Å². The zero-order chi connectivity index (χ0) is 68.0. The minimum absolute atomic E-state index is 0.0836. The van der Waals surface area contributed by atoms with Crippen LogP contribution in [0, 0.1) is 17.8 Å². The zero-order valence-electron chi connectivity index (χ0n) is 59.5. The molecule has 542 valence electrons. The lowest BCUT2D eigenvalue weighted by Gasteiger charge is -2.21. The molecule has 0 bridgehead atoms. The van der Waals surface area contributed by atoms with E-state index in [-0.39, 0.29) is 25.7 Å². The summed E-state index contributed by atoms with van der Waals surface area (Å²) in [4.78, 5) is 72.6. The first-order valence-electron chi connectivity index (χ1n) is 37.2. The molecule has 0 fully saturated rings. The molecule has 0 rings (SSSR count). The second kappa shape index (κ2) is 63.3. The maximum atomic E-state index is 13.0. The number of allylic oxidation sites excluding steroid dienone is 4. The molecule has 0 aliphatic carbocycles. The van der Waals surface area contributed by atoms with Gasteiger partial charge >= 0.3 is 39.5 Å². The van der Waals surface area contributed by atoms with Crippen LogP contribution in [0.3, 0.4) is 0 Å². The van der Waals surface area contributed by atoms with E-state index < -0.39 is 97.5 Å². The fourth-order valence-corrected chi connectivity index (χ4v) is 12.1. The Morgan fingerprint density at radius 3 is 0.880 bits per heavy atom. The highest BCUT2D eigenvalue weighted by Gasteiger charge is 2.30. The monoisotopic (exact) mass is 1350 g/mol. The molecule has 3 N–H and O–H groups in total. The molecule has 0 saturated carbocycles. The van der Waals surface area contributed by atoms with Crippen LogP contribution in [0.5, 0.6) is 0 Å². The maximum absolute atomic E-state index is 13.0. The van der Waals surface area contributed by atoms with E-state index >= 15 is 0 Å². The number of unbranched alkanes of at least 4 members (excludes halogenated alkanes) is 34. The summed E-state index contributed by atoms with van der Waals surface area (Å²) in [6.07, 6.45) is 51.0. The lowest BCUT2D eigenvalue weighted by atomic mass is 10.0. The highest BCUT2D eigenvalue weighted by atomic mass is 31.2. The fourth-order valence-electron chi connectivity index (χ4n) is 10.5. The molecule has 2 unspecified atom stereocenters. The van der Waals surface area contributed by atoms with E-state index in [0.717, 1.165) is 121 Å². The molecule has 92 heavy (non-hydrogen) atoms. The number of hydrogen-bond acceptors (Lipinski definition) is 15. The highest BCUT2D eigenvalue weighted by Crippen LogP contribution is 2.45. The van der Waals surface area contributed by atoms with Gasteiger partial charge in [-0.05, 0) is 69.1 Å².